The van der Waals surface area contributed by atoms with Crippen LogP contribution in [0.15, 0.2) is 12.3 Å². The van der Waals surface area contributed by atoms with E-state index in [4.69, 9.17) is 4.74 Å². The Labute approximate surface area is 126 Å². The SMILES string of the molecule is COc1nccc(N(C)C)c1NC1CCN(C(C)=O)CC1. The molecule has 6 heteroatoms. The topological polar surface area (TPSA) is 57.7 Å². The van der Waals surface area contributed by atoms with Crippen LogP contribution in [-0.2, 0) is 4.79 Å². The Balaban J connectivity index is 2.11. The summed E-state index contributed by atoms with van der Waals surface area (Å²) < 4.78 is 5.37. The summed E-state index contributed by atoms with van der Waals surface area (Å²) in [6.07, 6.45) is 3.62. The summed E-state index contributed by atoms with van der Waals surface area (Å²) in [5.74, 6) is 0.761. The molecule has 0 atom stereocenters. The predicted octanol–water partition coefficient (Wildman–Crippen LogP) is 1.58. The quantitative estimate of drug-likeness (QED) is 0.913. The van der Waals surface area contributed by atoms with Gasteiger partial charge in [0.05, 0.1) is 12.8 Å². The van der Waals surface area contributed by atoms with E-state index in [0.29, 0.717) is 11.9 Å². The lowest BCUT2D eigenvalue weighted by atomic mass is 10.0. The zero-order chi connectivity index (χ0) is 15.4. The first-order chi connectivity index (χ1) is 10.0. The largest absolute Gasteiger partial charge is 0.479 e. The van der Waals surface area contributed by atoms with E-state index < -0.39 is 0 Å². The molecule has 1 aliphatic rings. The molecule has 1 aromatic rings. The van der Waals surface area contributed by atoms with Crippen LogP contribution < -0.4 is 15.0 Å². The smallest absolute Gasteiger partial charge is 0.239 e. The molecule has 116 valence electrons. The van der Waals surface area contributed by atoms with Crippen LogP contribution in [0.5, 0.6) is 5.88 Å². The highest BCUT2D eigenvalue weighted by Crippen LogP contribution is 2.33. The number of carbonyl (C=O) groups is 1. The number of amides is 1. The normalized spacial score (nSPS) is 15.7. The van der Waals surface area contributed by atoms with Gasteiger partial charge in [0.25, 0.3) is 0 Å². The molecule has 1 aromatic heterocycles. The second-order valence-electron chi connectivity index (χ2n) is 5.53. The summed E-state index contributed by atoms with van der Waals surface area (Å²) in [5.41, 5.74) is 1.97. The number of anilines is 2. The Bertz CT molecular complexity index is 496. The Morgan fingerprint density at radius 1 is 1.43 bits per heavy atom. The number of nitrogens with one attached hydrogen (secondary N) is 1. The summed E-state index contributed by atoms with van der Waals surface area (Å²) in [5, 5.41) is 3.54. The first-order valence-electron chi connectivity index (χ1n) is 7.25. The van der Waals surface area contributed by atoms with Crippen molar-refractivity contribution in [2.24, 2.45) is 0 Å². The van der Waals surface area contributed by atoms with Crippen molar-refractivity contribution < 1.29 is 9.53 Å². The molecule has 1 amide bonds. The fourth-order valence-electron chi connectivity index (χ4n) is 2.64. The van der Waals surface area contributed by atoms with Gasteiger partial charge in [0.1, 0.15) is 5.69 Å². The number of piperidine rings is 1. The molecule has 0 spiro atoms. The lowest BCUT2D eigenvalue weighted by Crippen LogP contribution is -2.41. The molecule has 0 radical (unpaired) electrons. The van der Waals surface area contributed by atoms with Gasteiger partial charge in [-0.3, -0.25) is 4.79 Å². The van der Waals surface area contributed by atoms with Crippen molar-refractivity contribution in [2.45, 2.75) is 25.8 Å². The monoisotopic (exact) mass is 292 g/mol. The van der Waals surface area contributed by atoms with Crippen molar-refractivity contribution >= 4 is 17.3 Å². The average Bonchev–Trinajstić information content (AvgIpc) is 2.47. The molecular weight excluding hydrogens is 268 g/mol. The fraction of sp³-hybridized carbons (Fsp3) is 0.600. The van der Waals surface area contributed by atoms with Crippen LogP contribution in [-0.4, -0.2) is 56.1 Å². The third kappa shape index (κ3) is 3.56. The number of likely N-dealkylation sites (tertiary alicyclic amines) is 1. The van der Waals surface area contributed by atoms with Crippen LogP contribution in [0.4, 0.5) is 11.4 Å². The zero-order valence-electron chi connectivity index (χ0n) is 13.2. The molecule has 0 aliphatic carbocycles. The van der Waals surface area contributed by atoms with E-state index in [0.717, 1.165) is 37.3 Å². The lowest BCUT2D eigenvalue weighted by Gasteiger charge is -2.33. The van der Waals surface area contributed by atoms with Gasteiger partial charge in [-0.1, -0.05) is 0 Å². The maximum atomic E-state index is 11.4. The third-order valence-corrected chi connectivity index (χ3v) is 3.86. The van der Waals surface area contributed by atoms with Crippen molar-refractivity contribution in [1.29, 1.82) is 0 Å². The number of nitrogens with zero attached hydrogens (tertiary/aromatic N) is 3. The van der Waals surface area contributed by atoms with Crippen LogP contribution in [0, 0.1) is 0 Å². The zero-order valence-corrected chi connectivity index (χ0v) is 13.2. The summed E-state index contributed by atoms with van der Waals surface area (Å²) in [7, 11) is 5.63. The van der Waals surface area contributed by atoms with Crippen molar-refractivity contribution in [1.82, 2.24) is 9.88 Å². The number of aromatic nitrogens is 1. The molecule has 0 bridgehead atoms. The number of hydrogen-bond donors (Lipinski definition) is 1. The van der Waals surface area contributed by atoms with Gasteiger partial charge in [0.15, 0.2) is 0 Å². The van der Waals surface area contributed by atoms with Gasteiger partial charge in [0, 0.05) is 46.3 Å². The van der Waals surface area contributed by atoms with E-state index in [9.17, 15) is 4.79 Å². The maximum Gasteiger partial charge on any atom is 0.239 e. The average molecular weight is 292 g/mol. The lowest BCUT2D eigenvalue weighted by molar-refractivity contribution is -0.129. The van der Waals surface area contributed by atoms with Crippen LogP contribution in [0.1, 0.15) is 19.8 Å². The number of pyridine rings is 1. The minimum absolute atomic E-state index is 0.154. The second kappa shape index (κ2) is 6.65. The Hall–Kier alpha value is -1.98. The van der Waals surface area contributed by atoms with Gasteiger partial charge in [-0.2, -0.15) is 0 Å². The molecular formula is C15H24N4O2. The fourth-order valence-corrected chi connectivity index (χ4v) is 2.64. The molecule has 2 heterocycles. The molecule has 1 aliphatic heterocycles. The molecule has 1 N–H and O–H groups in total. The minimum Gasteiger partial charge on any atom is -0.479 e. The van der Waals surface area contributed by atoms with Gasteiger partial charge >= 0.3 is 0 Å². The molecule has 2 rings (SSSR count). The van der Waals surface area contributed by atoms with Gasteiger partial charge < -0.3 is 19.9 Å². The molecule has 0 unspecified atom stereocenters. The van der Waals surface area contributed by atoms with E-state index in [-0.39, 0.29) is 5.91 Å². The Morgan fingerprint density at radius 3 is 2.62 bits per heavy atom. The molecule has 21 heavy (non-hydrogen) atoms. The highest BCUT2D eigenvalue weighted by molar-refractivity contribution is 5.75. The van der Waals surface area contributed by atoms with Crippen LogP contribution in [0.2, 0.25) is 0 Å². The number of methoxy groups -OCH3 is 1. The molecule has 1 fully saturated rings. The van der Waals surface area contributed by atoms with E-state index in [1.54, 1.807) is 20.2 Å². The molecule has 0 aromatic carbocycles. The van der Waals surface area contributed by atoms with Crippen LogP contribution in [0.3, 0.4) is 0 Å². The van der Waals surface area contributed by atoms with E-state index in [1.807, 2.05) is 30.0 Å². The highest BCUT2D eigenvalue weighted by Gasteiger charge is 2.23. The van der Waals surface area contributed by atoms with E-state index in [1.165, 1.54) is 0 Å². The van der Waals surface area contributed by atoms with Crippen LogP contribution >= 0.6 is 0 Å². The minimum atomic E-state index is 0.154. The van der Waals surface area contributed by atoms with E-state index in [2.05, 4.69) is 10.3 Å². The molecule has 0 saturated carbocycles. The van der Waals surface area contributed by atoms with Crippen LogP contribution in [0.25, 0.3) is 0 Å². The Morgan fingerprint density at radius 2 is 2.10 bits per heavy atom. The van der Waals surface area contributed by atoms with Gasteiger partial charge in [0.2, 0.25) is 11.8 Å². The summed E-state index contributed by atoms with van der Waals surface area (Å²) in [6, 6.07) is 2.30. The van der Waals surface area contributed by atoms with Gasteiger partial charge in [-0.25, -0.2) is 4.98 Å². The standard InChI is InChI=1S/C15H24N4O2/c1-11(20)19-9-6-12(7-10-19)17-14-13(18(2)3)5-8-16-15(14)21-4/h5,8,12,17H,6-7,9-10H2,1-4H3. The Kier molecular flexibility index (Phi) is 4.88. The van der Waals surface area contributed by atoms with Crippen molar-refractivity contribution in [3.8, 4) is 5.88 Å². The summed E-state index contributed by atoms with van der Waals surface area (Å²) >= 11 is 0. The summed E-state index contributed by atoms with van der Waals surface area (Å²) in [6.45, 7) is 3.22. The second-order valence-corrected chi connectivity index (χ2v) is 5.53. The summed E-state index contributed by atoms with van der Waals surface area (Å²) in [4.78, 5) is 19.6. The molecule has 6 nitrogen and oxygen atoms in total. The van der Waals surface area contributed by atoms with E-state index >= 15 is 0 Å². The number of rotatable bonds is 4. The first-order valence-corrected chi connectivity index (χ1v) is 7.25. The number of hydrogen-bond acceptors (Lipinski definition) is 5. The predicted molar refractivity (Wildman–Crippen MR) is 84.0 cm³/mol. The first kappa shape index (κ1) is 15.4. The van der Waals surface area contributed by atoms with Gasteiger partial charge in [-0.05, 0) is 18.9 Å². The molecule has 1 saturated heterocycles. The number of carbonyl (C=O) groups excluding carboxylic acids is 1. The van der Waals surface area contributed by atoms with Crippen molar-refractivity contribution in [3.63, 3.8) is 0 Å². The highest BCUT2D eigenvalue weighted by atomic mass is 16.5. The van der Waals surface area contributed by atoms with Crippen molar-refractivity contribution in [3.05, 3.63) is 12.3 Å². The third-order valence-electron chi connectivity index (χ3n) is 3.86. The van der Waals surface area contributed by atoms with Gasteiger partial charge in [-0.15, -0.1) is 0 Å². The number of ether oxygens (including phenoxy) is 1. The van der Waals surface area contributed by atoms with Crippen molar-refractivity contribution in [2.75, 3.05) is 44.5 Å². The maximum absolute atomic E-state index is 11.4.